The molecule has 0 N–H and O–H groups in total. The maximum atomic E-state index is 5.39. The van der Waals surface area contributed by atoms with Crippen molar-refractivity contribution in [1.82, 2.24) is 0 Å². The number of benzene rings is 1. The Hall–Kier alpha value is -0.450. The Morgan fingerprint density at radius 1 is 1.33 bits per heavy atom. The van der Waals surface area contributed by atoms with E-state index in [1.807, 2.05) is 25.1 Å². The average Bonchev–Trinajstić information content (AvgIpc) is 2.09. The largest absolute Gasteiger partial charge is 0.496 e. The Morgan fingerprint density at radius 2 is 2.00 bits per heavy atom. The molecule has 66 valence electrons. The van der Waals surface area contributed by atoms with Crippen molar-refractivity contribution in [3.63, 3.8) is 0 Å². The van der Waals surface area contributed by atoms with Crippen LogP contribution in [0.1, 0.15) is 6.92 Å². The molecule has 0 heterocycles. The molecule has 1 aromatic rings. The fourth-order valence-electron chi connectivity index (χ4n) is 0.915. The van der Waals surface area contributed by atoms with Gasteiger partial charge in [-0.05, 0) is 41.6 Å². The van der Waals surface area contributed by atoms with Gasteiger partial charge in [-0.3, -0.25) is 0 Å². The van der Waals surface area contributed by atoms with Crippen LogP contribution in [0.15, 0.2) is 18.2 Å². The Kier molecular flexibility index (Phi) is 3.65. The van der Waals surface area contributed by atoms with E-state index in [1.54, 1.807) is 7.11 Å². The molecule has 0 aromatic heterocycles. The monoisotopic (exact) mass is 278 g/mol. The second-order valence-corrected chi connectivity index (χ2v) is 3.28. The highest BCUT2D eigenvalue weighted by molar-refractivity contribution is 14.1. The van der Waals surface area contributed by atoms with Crippen LogP contribution >= 0.6 is 22.6 Å². The normalized spacial score (nSPS) is 9.58. The molecular weight excluding hydrogens is 267 g/mol. The summed E-state index contributed by atoms with van der Waals surface area (Å²) in [4.78, 5) is 0. The number of hydrogen-bond donors (Lipinski definition) is 0. The van der Waals surface area contributed by atoms with Crippen molar-refractivity contribution in [2.45, 2.75) is 6.92 Å². The third kappa shape index (κ3) is 2.03. The molecule has 1 aromatic carbocycles. The van der Waals surface area contributed by atoms with Gasteiger partial charge in [0, 0.05) is 0 Å². The van der Waals surface area contributed by atoms with E-state index in [9.17, 15) is 0 Å². The first-order chi connectivity index (χ1) is 5.79. The predicted molar refractivity (Wildman–Crippen MR) is 56.9 cm³/mol. The van der Waals surface area contributed by atoms with Crippen molar-refractivity contribution in [2.75, 3.05) is 13.7 Å². The van der Waals surface area contributed by atoms with Crippen LogP contribution < -0.4 is 9.47 Å². The SMILES string of the molecule is CCOc1cccc(OC)c1I. The van der Waals surface area contributed by atoms with E-state index in [0.29, 0.717) is 6.61 Å². The molecule has 0 bridgehead atoms. The highest BCUT2D eigenvalue weighted by Crippen LogP contribution is 2.29. The van der Waals surface area contributed by atoms with Crippen molar-refractivity contribution in [3.05, 3.63) is 21.8 Å². The summed E-state index contributed by atoms with van der Waals surface area (Å²) in [5, 5.41) is 0. The summed E-state index contributed by atoms with van der Waals surface area (Å²) in [7, 11) is 1.66. The smallest absolute Gasteiger partial charge is 0.136 e. The lowest BCUT2D eigenvalue weighted by Crippen LogP contribution is -1.95. The number of hydrogen-bond acceptors (Lipinski definition) is 2. The van der Waals surface area contributed by atoms with E-state index >= 15 is 0 Å². The first-order valence-electron chi connectivity index (χ1n) is 3.75. The minimum Gasteiger partial charge on any atom is -0.496 e. The summed E-state index contributed by atoms with van der Waals surface area (Å²) >= 11 is 2.21. The van der Waals surface area contributed by atoms with E-state index in [2.05, 4.69) is 22.6 Å². The molecule has 12 heavy (non-hydrogen) atoms. The van der Waals surface area contributed by atoms with Crippen LogP contribution in [0, 0.1) is 3.57 Å². The molecule has 0 unspecified atom stereocenters. The van der Waals surface area contributed by atoms with Gasteiger partial charge in [0.25, 0.3) is 0 Å². The van der Waals surface area contributed by atoms with Crippen LogP contribution in [-0.4, -0.2) is 13.7 Å². The van der Waals surface area contributed by atoms with Crippen LogP contribution in [-0.2, 0) is 0 Å². The number of halogens is 1. The van der Waals surface area contributed by atoms with Crippen LogP contribution in [0.25, 0.3) is 0 Å². The van der Waals surface area contributed by atoms with Gasteiger partial charge in [0.05, 0.1) is 17.3 Å². The van der Waals surface area contributed by atoms with Crippen molar-refractivity contribution >= 4 is 22.6 Å². The Morgan fingerprint density at radius 3 is 2.58 bits per heavy atom. The van der Waals surface area contributed by atoms with Gasteiger partial charge in [-0.1, -0.05) is 6.07 Å². The molecule has 0 fully saturated rings. The zero-order valence-corrected chi connectivity index (χ0v) is 9.29. The molecule has 0 aliphatic rings. The summed E-state index contributed by atoms with van der Waals surface area (Å²) in [5.74, 6) is 1.75. The van der Waals surface area contributed by atoms with E-state index in [4.69, 9.17) is 9.47 Å². The molecule has 0 saturated heterocycles. The van der Waals surface area contributed by atoms with Crippen LogP contribution in [0.4, 0.5) is 0 Å². The molecule has 0 saturated carbocycles. The van der Waals surface area contributed by atoms with Gasteiger partial charge in [0.1, 0.15) is 11.5 Å². The van der Waals surface area contributed by atoms with Crippen LogP contribution in [0.3, 0.4) is 0 Å². The summed E-state index contributed by atoms with van der Waals surface area (Å²) in [6.07, 6.45) is 0. The van der Waals surface area contributed by atoms with Gasteiger partial charge in [-0.15, -0.1) is 0 Å². The highest BCUT2D eigenvalue weighted by Gasteiger charge is 2.04. The number of rotatable bonds is 3. The second kappa shape index (κ2) is 4.54. The van der Waals surface area contributed by atoms with Crippen molar-refractivity contribution < 1.29 is 9.47 Å². The van der Waals surface area contributed by atoms with E-state index in [1.165, 1.54) is 0 Å². The van der Waals surface area contributed by atoms with E-state index < -0.39 is 0 Å². The third-order valence-corrected chi connectivity index (χ3v) is 2.51. The molecule has 0 aliphatic heterocycles. The van der Waals surface area contributed by atoms with Crippen molar-refractivity contribution in [1.29, 1.82) is 0 Å². The van der Waals surface area contributed by atoms with Gasteiger partial charge < -0.3 is 9.47 Å². The summed E-state index contributed by atoms with van der Waals surface area (Å²) < 4.78 is 11.6. The molecule has 0 radical (unpaired) electrons. The van der Waals surface area contributed by atoms with Crippen molar-refractivity contribution in [3.8, 4) is 11.5 Å². The van der Waals surface area contributed by atoms with E-state index in [0.717, 1.165) is 15.1 Å². The quantitative estimate of drug-likeness (QED) is 0.791. The molecule has 0 aliphatic carbocycles. The molecule has 0 spiro atoms. The van der Waals surface area contributed by atoms with Gasteiger partial charge in [-0.2, -0.15) is 0 Å². The lowest BCUT2D eigenvalue weighted by molar-refractivity contribution is 0.333. The van der Waals surface area contributed by atoms with Gasteiger partial charge in [0.15, 0.2) is 0 Å². The standard InChI is InChI=1S/C9H11IO2/c1-3-12-8-6-4-5-7(11-2)9(8)10/h4-6H,3H2,1-2H3. The molecule has 0 amide bonds. The fourth-order valence-corrected chi connectivity index (χ4v) is 1.65. The summed E-state index contributed by atoms with van der Waals surface area (Å²) in [6.45, 7) is 2.65. The molecule has 3 heteroatoms. The summed E-state index contributed by atoms with van der Waals surface area (Å²) in [5.41, 5.74) is 0. The lowest BCUT2D eigenvalue weighted by atomic mass is 10.3. The van der Waals surface area contributed by atoms with Crippen LogP contribution in [0.2, 0.25) is 0 Å². The maximum absolute atomic E-state index is 5.39. The van der Waals surface area contributed by atoms with Gasteiger partial charge >= 0.3 is 0 Å². The zero-order chi connectivity index (χ0) is 8.97. The predicted octanol–water partition coefficient (Wildman–Crippen LogP) is 2.70. The first-order valence-corrected chi connectivity index (χ1v) is 4.82. The van der Waals surface area contributed by atoms with Gasteiger partial charge in [-0.25, -0.2) is 0 Å². The van der Waals surface area contributed by atoms with Gasteiger partial charge in [0.2, 0.25) is 0 Å². The molecule has 2 nitrogen and oxygen atoms in total. The fraction of sp³-hybridized carbons (Fsp3) is 0.333. The Bertz CT molecular complexity index is 261. The number of ether oxygens (including phenoxy) is 2. The highest BCUT2D eigenvalue weighted by atomic mass is 127. The first kappa shape index (κ1) is 9.64. The summed E-state index contributed by atoms with van der Waals surface area (Å²) in [6, 6.07) is 5.78. The Labute approximate surface area is 86.0 Å². The van der Waals surface area contributed by atoms with E-state index in [-0.39, 0.29) is 0 Å². The van der Waals surface area contributed by atoms with Crippen LogP contribution in [0.5, 0.6) is 11.5 Å². The third-order valence-electron chi connectivity index (χ3n) is 1.45. The van der Waals surface area contributed by atoms with Crippen molar-refractivity contribution in [2.24, 2.45) is 0 Å². The molecule has 0 atom stereocenters. The molecule has 1 rings (SSSR count). The maximum Gasteiger partial charge on any atom is 0.136 e. The zero-order valence-electron chi connectivity index (χ0n) is 7.13. The molecular formula is C9H11IO2. The second-order valence-electron chi connectivity index (χ2n) is 2.21. The minimum absolute atomic E-state index is 0.684. The minimum atomic E-state index is 0.684. The topological polar surface area (TPSA) is 18.5 Å². The average molecular weight is 278 g/mol. The lowest BCUT2D eigenvalue weighted by Gasteiger charge is -2.08. The number of methoxy groups -OCH3 is 1. The Balaban J connectivity index is 2.97.